The van der Waals surface area contributed by atoms with Gasteiger partial charge in [-0.2, -0.15) is 5.26 Å². The Morgan fingerprint density at radius 3 is 3.00 bits per heavy atom. The largest absolute Gasteiger partial charge is 0.329 e. The molecule has 0 bridgehead atoms. The van der Waals surface area contributed by atoms with Crippen LogP contribution < -0.4 is 10.6 Å². The van der Waals surface area contributed by atoms with Gasteiger partial charge < -0.3 is 10.6 Å². The SMILES string of the molecule is N#Cc1ccccc1N1CC(CN)SCC1=O. The van der Waals surface area contributed by atoms with Crippen molar-refractivity contribution >= 4 is 23.4 Å². The molecule has 2 N–H and O–H groups in total. The first-order valence-electron chi connectivity index (χ1n) is 5.37. The summed E-state index contributed by atoms with van der Waals surface area (Å²) in [5.74, 6) is 0.476. The van der Waals surface area contributed by atoms with Crippen LogP contribution in [0.5, 0.6) is 0 Å². The summed E-state index contributed by atoms with van der Waals surface area (Å²) in [5, 5.41) is 9.29. The highest BCUT2D eigenvalue weighted by molar-refractivity contribution is 8.00. The van der Waals surface area contributed by atoms with Crippen LogP contribution in [0.4, 0.5) is 5.69 Å². The minimum Gasteiger partial charge on any atom is -0.329 e. The Kier molecular flexibility index (Phi) is 3.67. The Morgan fingerprint density at radius 2 is 2.29 bits per heavy atom. The third-order valence-corrected chi connectivity index (χ3v) is 3.93. The summed E-state index contributed by atoms with van der Waals surface area (Å²) in [6.45, 7) is 1.13. The van der Waals surface area contributed by atoms with Crippen LogP contribution in [0.1, 0.15) is 5.56 Å². The second-order valence-electron chi connectivity index (χ2n) is 3.80. The number of nitrogens with zero attached hydrogens (tertiary/aromatic N) is 2. The molecule has 0 saturated carbocycles. The third-order valence-electron chi connectivity index (χ3n) is 2.71. The molecule has 0 aliphatic carbocycles. The van der Waals surface area contributed by atoms with Crippen molar-refractivity contribution in [3.63, 3.8) is 0 Å². The van der Waals surface area contributed by atoms with E-state index in [1.165, 1.54) is 0 Å². The molecule has 2 rings (SSSR count). The molecule has 17 heavy (non-hydrogen) atoms. The highest BCUT2D eigenvalue weighted by Gasteiger charge is 2.27. The first-order valence-corrected chi connectivity index (χ1v) is 6.42. The molecule has 1 atom stereocenters. The molecular formula is C12H13N3OS. The first-order chi connectivity index (χ1) is 8.26. The smallest absolute Gasteiger partial charge is 0.237 e. The number of nitriles is 1. The number of thioether (sulfide) groups is 1. The number of rotatable bonds is 2. The zero-order valence-corrected chi connectivity index (χ0v) is 10.1. The predicted molar refractivity (Wildman–Crippen MR) is 68.8 cm³/mol. The van der Waals surface area contributed by atoms with E-state index in [4.69, 9.17) is 11.0 Å². The number of amides is 1. The maximum Gasteiger partial charge on any atom is 0.237 e. The van der Waals surface area contributed by atoms with Crippen LogP contribution in [0.15, 0.2) is 24.3 Å². The molecule has 1 heterocycles. The van der Waals surface area contributed by atoms with Crippen molar-refractivity contribution in [2.45, 2.75) is 5.25 Å². The molecule has 5 heteroatoms. The van der Waals surface area contributed by atoms with Crippen molar-refractivity contribution in [3.05, 3.63) is 29.8 Å². The molecule has 1 aromatic rings. The highest BCUT2D eigenvalue weighted by Crippen LogP contribution is 2.26. The first kappa shape index (κ1) is 12.0. The second kappa shape index (κ2) is 5.21. The van der Waals surface area contributed by atoms with Crippen LogP contribution in [-0.4, -0.2) is 30.0 Å². The van der Waals surface area contributed by atoms with Gasteiger partial charge in [-0.1, -0.05) is 12.1 Å². The number of carbonyl (C=O) groups is 1. The Labute approximate surface area is 104 Å². The van der Waals surface area contributed by atoms with Crippen molar-refractivity contribution in [2.24, 2.45) is 5.73 Å². The van der Waals surface area contributed by atoms with E-state index in [0.717, 1.165) is 0 Å². The van der Waals surface area contributed by atoms with Crippen LogP contribution in [0.25, 0.3) is 0 Å². The zero-order chi connectivity index (χ0) is 12.3. The molecule has 0 aromatic heterocycles. The number of hydrogen-bond donors (Lipinski definition) is 1. The molecule has 1 fully saturated rings. The summed E-state index contributed by atoms with van der Waals surface area (Å²) < 4.78 is 0. The van der Waals surface area contributed by atoms with Crippen LogP contribution in [0.2, 0.25) is 0 Å². The van der Waals surface area contributed by atoms with Gasteiger partial charge in [0.05, 0.1) is 17.0 Å². The maximum atomic E-state index is 11.9. The topological polar surface area (TPSA) is 70.1 Å². The lowest BCUT2D eigenvalue weighted by atomic mass is 10.1. The summed E-state index contributed by atoms with van der Waals surface area (Å²) in [5.41, 5.74) is 6.86. The lowest BCUT2D eigenvalue weighted by Crippen LogP contribution is -2.45. The summed E-state index contributed by atoms with van der Waals surface area (Å²) >= 11 is 1.58. The van der Waals surface area contributed by atoms with Crippen LogP contribution >= 0.6 is 11.8 Å². The Hall–Kier alpha value is -1.51. The van der Waals surface area contributed by atoms with E-state index in [1.54, 1.807) is 34.9 Å². The molecular weight excluding hydrogens is 234 g/mol. The number of anilines is 1. The maximum absolute atomic E-state index is 11.9. The number of benzene rings is 1. The van der Waals surface area contributed by atoms with Crippen molar-refractivity contribution in [2.75, 3.05) is 23.7 Å². The monoisotopic (exact) mass is 247 g/mol. The van der Waals surface area contributed by atoms with Gasteiger partial charge in [-0.05, 0) is 12.1 Å². The normalized spacial score (nSPS) is 20.1. The van der Waals surface area contributed by atoms with Crippen LogP contribution in [0.3, 0.4) is 0 Å². The van der Waals surface area contributed by atoms with Gasteiger partial charge in [-0.25, -0.2) is 0 Å². The Morgan fingerprint density at radius 1 is 1.53 bits per heavy atom. The fraction of sp³-hybridized carbons (Fsp3) is 0.333. The standard InChI is InChI=1S/C12H13N3OS/c13-5-9-3-1-2-4-11(9)15-7-10(6-14)17-8-12(15)16/h1-4,10H,6-8,14H2. The number of nitrogens with two attached hydrogens (primary N) is 1. The zero-order valence-electron chi connectivity index (χ0n) is 9.30. The fourth-order valence-corrected chi connectivity index (χ4v) is 2.73. The molecule has 1 aliphatic heterocycles. The van der Waals surface area contributed by atoms with Gasteiger partial charge in [0, 0.05) is 18.3 Å². The summed E-state index contributed by atoms with van der Waals surface area (Å²) in [4.78, 5) is 13.6. The van der Waals surface area contributed by atoms with Gasteiger partial charge in [0.2, 0.25) is 5.91 Å². The minimum atomic E-state index is 0.0439. The van der Waals surface area contributed by atoms with E-state index >= 15 is 0 Å². The quantitative estimate of drug-likeness (QED) is 0.845. The lowest BCUT2D eigenvalue weighted by molar-refractivity contribution is -0.116. The van der Waals surface area contributed by atoms with Crippen molar-refractivity contribution in [3.8, 4) is 6.07 Å². The third kappa shape index (κ3) is 2.43. The Balaban J connectivity index is 2.31. The molecule has 0 spiro atoms. The molecule has 1 saturated heterocycles. The van der Waals surface area contributed by atoms with E-state index in [0.29, 0.717) is 30.1 Å². The van der Waals surface area contributed by atoms with E-state index in [-0.39, 0.29) is 11.2 Å². The van der Waals surface area contributed by atoms with Gasteiger partial charge in [-0.15, -0.1) is 11.8 Å². The van der Waals surface area contributed by atoms with E-state index in [1.807, 2.05) is 6.07 Å². The molecule has 4 nitrogen and oxygen atoms in total. The number of hydrogen-bond acceptors (Lipinski definition) is 4. The molecule has 1 amide bonds. The van der Waals surface area contributed by atoms with E-state index in [9.17, 15) is 4.79 Å². The van der Waals surface area contributed by atoms with Crippen molar-refractivity contribution < 1.29 is 4.79 Å². The van der Waals surface area contributed by atoms with Gasteiger partial charge in [-0.3, -0.25) is 4.79 Å². The van der Waals surface area contributed by atoms with Gasteiger partial charge >= 0.3 is 0 Å². The second-order valence-corrected chi connectivity index (χ2v) is 5.09. The lowest BCUT2D eigenvalue weighted by Gasteiger charge is -2.32. The van der Waals surface area contributed by atoms with Gasteiger partial charge in [0.1, 0.15) is 6.07 Å². The highest BCUT2D eigenvalue weighted by atomic mass is 32.2. The molecule has 0 radical (unpaired) electrons. The van der Waals surface area contributed by atoms with Crippen LogP contribution in [0, 0.1) is 11.3 Å². The molecule has 1 unspecified atom stereocenters. The van der Waals surface area contributed by atoms with E-state index in [2.05, 4.69) is 6.07 Å². The summed E-state index contributed by atoms with van der Waals surface area (Å²) in [6.07, 6.45) is 0. The predicted octanol–water partition coefficient (Wildman–Crippen LogP) is 0.965. The average Bonchev–Trinajstić information content (AvgIpc) is 2.39. The summed E-state index contributed by atoms with van der Waals surface area (Å²) in [7, 11) is 0. The summed E-state index contributed by atoms with van der Waals surface area (Å²) in [6, 6.07) is 9.28. The van der Waals surface area contributed by atoms with Crippen molar-refractivity contribution in [1.29, 1.82) is 5.26 Å². The van der Waals surface area contributed by atoms with Crippen LogP contribution in [-0.2, 0) is 4.79 Å². The fourth-order valence-electron chi connectivity index (χ4n) is 1.80. The minimum absolute atomic E-state index is 0.0439. The molecule has 1 aliphatic rings. The number of carbonyl (C=O) groups excluding carboxylic acids is 1. The van der Waals surface area contributed by atoms with Gasteiger partial charge in [0.15, 0.2) is 0 Å². The van der Waals surface area contributed by atoms with Gasteiger partial charge in [0.25, 0.3) is 0 Å². The molecule has 1 aromatic carbocycles. The number of para-hydroxylation sites is 1. The Bertz CT molecular complexity index is 469. The van der Waals surface area contributed by atoms with Crippen molar-refractivity contribution in [1.82, 2.24) is 0 Å². The van der Waals surface area contributed by atoms with E-state index < -0.39 is 0 Å². The molecule has 88 valence electrons. The average molecular weight is 247 g/mol.